The van der Waals surface area contributed by atoms with Gasteiger partial charge in [-0.05, 0) is 61.2 Å². The molecule has 4 unspecified atom stereocenters. The number of fused-ring (bicyclic) bond motifs is 2. The van der Waals surface area contributed by atoms with Crippen molar-refractivity contribution in [2.24, 2.45) is 5.92 Å². The number of aromatic nitrogens is 3. The van der Waals surface area contributed by atoms with E-state index >= 15 is 0 Å². The molecule has 0 spiro atoms. The van der Waals surface area contributed by atoms with Gasteiger partial charge in [-0.2, -0.15) is 17.5 Å². The minimum Gasteiger partial charge on any atom is -0.349 e. The van der Waals surface area contributed by atoms with Gasteiger partial charge in [0.25, 0.3) is 0 Å². The van der Waals surface area contributed by atoms with E-state index in [0.29, 0.717) is 11.3 Å². The molecular formula is C24H20F5N5O3S. The Morgan fingerprint density at radius 3 is 2.45 bits per heavy atom. The van der Waals surface area contributed by atoms with Gasteiger partial charge in [0.05, 0.1) is 28.9 Å². The number of carbonyl (C=O) groups excluding carboxylic acids is 1. The molecule has 200 valence electrons. The fourth-order valence-electron chi connectivity index (χ4n) is 4.97. The summed E-state index contributed by atoms with van der Waals surface area (Å²) in [7, 11) is -4.30. The van der Waals surface area contributed by atoms with Crippen molar-refractivity contribution in [3.8, 4) is 11.3 Å². The van der Waals surface area contributed by atoms with Gasteiger partial charge in [-0.15, -0.1) is 0 Å². The van der Waals surface area contributed by atoms with E-state index in [1.54, 1.807) is 0 Å². The second-order valence-corrected chi connectivity index (χ2v) is 10.9. The third-order valence-corrected chi connectivity index (χ3v) is 8.63. The number of hydrogen-bond donors (Lipinski definition) is 1. The quantitative estimate of drug-likeness (QED) is 0.469. The lowest BCUT2D eigenvalue weighted by Crippen LogP contribution is -2.55. The summed E-state index contributed by atoms with van der Waals surface area (Å²) in [4.78, 5) is 24.4. The number of nitrogens with one attached hydrogen (secondary N) is 1. The highest BCUT2D eigenvalue weighted by molar-refractivity contribution is 7.89. The molecule has 0 radical (unpaired) electrons. The molecule has 38 heavy (non-hydrogen) atoms. The van der Waals surface area contributed by atoms with Crippen molar-refractivity contribution in [3.63, 3.8) is 0 Å². The molecular weight excluding hydrogens is 533 g/mol. The van der Waals surface area contributed by atoms with Crippen molar-refractivity contribution in [1.29, 1.82) is 0 Å². The molecule has 1 aliphatic heterocycles. The average Bonchev–Trinajstić information content (AvgIpc) is 3.45. The third kappa shape index (κ3) is 4.85. The average molecular weight is 554 g/mol. The van der Waals surface area contributed by atoms with Gasteiger partial charge in [-0.3, -0.25) is 9.78 Å². The predicted octanol–water partition coefficient (Wildman–Crippen LogP) is 3.50. The number of nitrogens with zero attached hydrogens (tertiary/aromatic N) is 4. The van der Waals surface area contributed by atoms with Gasteiger partial charge in [-0.25, -0.2) is 27.2 Å². The van der Waals surface area contributed by atoms with E-state index in [2.05, 4.69) is 20.3 Å². The van der Waals surface area contributed by atoms with Crippen molar-refractivity contribution >= 4 is 15.9 Å². The van der Waals surface area contributed by atoms with Crippen LogP contribution in [0.4, 0.5) is 22.0 Å². The molecule has 1 aliphatic carbocycles. The Kier molecular flexibility index (Phi) is 6.63. The summed E-state index contributed by atoms with van der Waals surface area (Å²) >= 11 is 0. The van der Waals surface area contributed by atoms with Gasteiger partial charge in [0.2, 0.25) is 15.9 Å². The predicted molar refractivity (Wildman–Crippen MR) is 123 cm³/mol. The first-order valence-corrected chi connectivity index (χ1v) is 12.9. The normalized spacial score (nSPS) is 23.5. The van der Waals surface area contributed by atoms with Gasteiger partial charge in [0, 0.05) is 11.8 Å². The van der Waals surface area contributed by atoms with E-state index in [0.717, 1.165) is 40.8 Å². The Labute approximate surface area is 214 Å². The minimum absolute atomic E-state index is 0.0385. The highest BCUT2D eigenvalue weighted by atomic mass is 32.2. The molecule has 2 fully saturated rings. The number of amides is 1. The monoisotopic (exact) mass is 553 g/mol. The second-order valence-electron chi connectivity index (χ2n) is 9.09. The number of alkyl halides is 4. The zero-order valence-corrected chi connectivity index (χ0v) is 20.3. The van der Waals surface area contributed by atoms with Crippen LogP contribution in [0.15, 0.2) is 59.9 Å². The maximum Gasteiger partial charge on any atom is 0.433 e. The lowest BCUT2D eigenvalue weighted by Gasteiger charge is -2.34. The Morgan fingerprint density at radius 2 is 1.79 bits per heavy atom. The lowest BCUT2D eigenvalue weighted by molar-refractivity contribution is -0.141. The Morgan fingerprint density at radius 1 is 1.05 bits per heavy atom. The van der Waals surface area contributed by atoms with Gasteiger partial charge < -0.3 is 5.32 Å². The number of sulfonamides is 1. The SMILES string of the molecule is O=C(NCc1cc(-c2ccc(C(F)(F)F)nc2)ncn1)C1C2CC(F)C(C2)N1S(=O)(=O)c1ccc(F)cc1. The van der Waals surface area contributed by atoms with E-state index in [-0.39, 0.29) is 30.0 Å². The summed E-state index contributed by atoms with van der Waals surface area (Å²) in [5.74, 6) is -1.82. The summed E-state index contributed by atoms with van der Waals surface area (Å²) in [5, 5.41) is 2.63. The molecule has 3 aromatic rings. The number of pyridine rings is 1. The maximum atomic E-state index is 14.6. The highest BCUT2D eigenvalue weighted by Gasteiger charge is 2.58. The van der Waals surface area contributed by atoms with E-state index in [4.69, 9.17) is 0 Å². The summed E-state index contributed by atoms with van der Waals surface area (Å²) in [5.41, 5.74) is -0.176. The molecule has 1 saturated heterocycles. The molecule has 2 aliphatic rings. The van der Waals surface area contributed by atoms with Crippen molar-refractivity contribution in [1.82, 2.24) is 24.6 Å². The molecule has 1 N–H and O–H groups in total. The van der Waals surface area contributed by atoms with E-state index in [1.807, 2.05) is 0 Å². The molecule has 1 amide bonds. The molecule has 14 heteroatoms. The van der Waals surface area contributed by atoms with Crippen molar-refractivity contribution in [2.75, 3.05) is 0 Å². The molecule has 1 saturated carbocycles. The summed E-state index contributed by atoms with van der Waals surface area (Å²) in [6.45, 7) is -0.139. The number of halogens is 5. The van der Waals surface area contributed by atoms with Gasteiger partial charge >= 0.3 is 6.18 Å². The van der Waals surface area contributed by atoms with E-state index < -0.39 is 57.8 Å². The zero-order valence-electron chi connectivity index (χ0n) is 19.4. The highest BCUT2D eigenvalue weighted by Crippen LogP contribution is 2.46. The first-order valence-electron chi connectivity index (χ1n) is 11.5. The van der Waals surface area contributed by atoms with Gasteiger partial charge in [0.15, 0.2) is 0 Å². The summed E-state index contributed by atoms with van der Waals surface area (Å²) < 4.78 is 93.8. The van der Waals surface area contributed by atoms with Crippen LogP contribution < -0.4 is 5.32 Å². The standard InChI is InChI=1S/C24H20F5N5O3S/c25-15-2-4-17(5-3-15)38(36,37)34-20-8-14(7-18(20)26)22(34)23(35)31-11-16-9-19(33-12-32-16)13-1-6-21(30-10-13)24(27,28)29/h1-6,9-10,12,14,18,20,22H,7-8,11H2,(H,31,35). The van der Waals surface area contributed by atoms with Crippen LogP contribution in [0.1, 0.15) is 24.2 Å². The first-order chi connectivity index (χ1) is 17.9. The van der Waals surface area contributed by atoms with E-state index in [9.17, 15) is 35.2 Å². The molecule has 2 aromatic heterocycles. The lowest BCUT2D eigenvalue weighted by atomic mass is 9.99. The largest absolute Gasteiger partial charge is 0.433 e. The molecule has 5 rings (SSSR count). The second kappa shape index (κ2) is 9.66. The number of hydrogen-bond acceptors (Lipinski definition) is 6. The maximum absolute atomic E-state index is 14.6. The van der Waals surface area contributed by atoms with Crippen LogP contribution in [0, 0.1) is 11.7 Å². The van der Waals surface area contributed by atoms with Gasteiger partial charge in [0.1, 0.15) is 30.1 Å². The van der Waals surface area contributed by atoms with Crippen LogP contribution in [0.25, 0.3) is 11.3 Å². The zero-order chi connectivity index (χ0) is 27.2. The Hall–Kier alpha value is -3.52. The number of carbonyl (C=O) groups is 1. The van der Waals surface area contributed by atoms with Crippen LogP contribution in [-0.4, -0.2) is 51.8 Å². The van der Waals surface area contributed by atoms with Crippen LogP contribution in [0.5, 0.6) is 0 Å². The number of piperidine rings is 1. The molecule has 2 bridgehead atoms. The van der Waals surface area contributed by atoms with Crippen LogP contribution >= 0.6 is 0 Å². The fraction of sp³-hybridized carbons (Fsp3) is 0.333. The van der Waals surface area contributed by atoms with Crippen molar-refractivity contribution < 1.29 is 35.2 Å². The Balaban J connectivity index is 1.33. The summed E-state index contributed by atoms with van der Waals surface area (Å²) in [6.07, 6.45) is -3.60. The smallest absolute Gasteiger partial charge is 0.349 e. The minimum atomic E-state index is -4.58. The van der Waals surface area contributed by atoms with Crippen molar-refractivity contribution in [2.45, 2.75) is 48.7 Å². The first kappa shape index (κ1) is 26.1. The third-order valence-electron chi connectivity index (χ3n) is 6.71. The molecule has 1 aromatic carbocycles. The van der Waals surface area contributed by atoms with Crippen molar-refractivity contribution in [3.05, 3.63) is 72.2 Å². The van der Waals surface area contributed by atoms with Crippen LogP contribution in [0.3, 0.4) is 0 Å². The van der Waals surface area contributed by atoms with E-state index in [1.165, 1.54) is 18.5 Å². The Bertz CT molecular complexity index is 1450. The molecule has 8 nitrogen and oxygen atoms in total. The fourth-order valence-corrected chi connectivity index (χ4v) is 6.83. The van der Waals surface area contributed by atoms with Crippen LogP contribution in [0.2, 0.25) is 0 Å². The van der Waals surface area contributed by atoms with Crippen LogP contribution in [-0.2, 0) is 27.5 Å². The number of benzene rings is 1. The molecule has 4 atom stereocenters. The molecule has 3 heterocycles. The summed E-state index contributed by atoms with van der Waals surface area (Å²) in [6, 6.07) is 5.39. The number of rotatable bonds is 6. The topological polar surface area (TPSA) is 105 Å². The van der Waals surface area contributed by atoms with Gasteiger partial charge in [-0.1, -0.05) is 0 Å².